The molecule has 1 saturated heterocycles. The van der Waals surface area contributed by atoms with E-state index in [2.05, 4.69) is 9.97 Å². The Labute approximate surface area is 148 Å². The molecule has 0 radical (unpaired) electrons. The third-order valence-electron chi connectivity index (χ3n) is 4.84. The fourth-order valence-electron chi connectivity index (χ4n) is 3.48. The largest absolute Gasteiger partial charge is 0.388 e. The SMILES string of the molecule is Cc1cc(C(=O)N2CCCCCC2CC(O)c2ccccc2)ncn1. The third-order valence-corrected chi connectivity index (χ3v) is 4.84. The molecular weight excluding hydrogens is 314 g/mol. The maximum atomic E-state index is 13.0. The van der Waals surface area contributed by atoms with Crippen LogP contribution < -0.4 is 0 Å². The average molecular weight is 339 g/mol. The Morgan fingerprint density at radius 1 is 1.24 bits per heavy atom. The Morgan fingerprint density at radius 2 is 2.04 bits per heavy atom. The minimum Gasteiger partial charge on any atom is -0.388 e. The highest BCUT2D eigenvalue weighted by molar-refractivity contribution is 5.92. The summed E-state index contributed by atoms with van der Waals surface area (Å²) in [6.45, 7) is 2.57. The number of aromatic nitrogens is 2. The predicted octanol–water partition coefficient (Wildman–Crippen LogP) is 3.29. The second-order valence-electron chi connectivity index (χ2n) is 6.71. The van der Waals surface area contributed by atoms with E-state index in [-0.39, 0.29) is 11.9 Å². The Hall–Kier alpha value is -2.27. The van der Waals surface area contributed by atoms with Gasteiger partial charge in [0.1, 0.15) is 12.0 Å². The second kappa shape index (κ2) is 8.21. The van der Waals surface area contributed by atoms with Crippen molar-refractivity contribution in [2.24, 2.45) is 0 Å². The van der Waals surface area contributed by atoms with E-state index in [1.807, 2.05) is 42.2 Å². The zero-order valence-corrected chi connectivity index (χ0v) is 14.6. The fourth-order valence-corrected chi connectivity index (χ4v) is 3.48. The number of amides is 1. The molecule has 5 nitrogen and oxygen atoms in total. The first-order valence-electron chi connectivity index (χ1n) is 8.98. The van der Waals surface area contributed by atoms with Gasteiger partial charge in [0, 0.05) is 18.3 Å². The standard InChI is InChI=1S/C20H25N3O2/c1-15-12-18(22-14-21-15)20(25)23-11-7-3-6-10-17(23)13-19(24)16-8-4-2-5-9-16/h2,4-5,8-9,12,14,17,19,24H,3,6-7,10-11,13H2,1H3. The molecule has 132 valence electrons. The predicted molar refractivity (Wildman–Crippen MR) is 96.1 cm³/mol. The summed E-state index contributed by atoms with van der Waals surface area (Å²) >= 11 is 0. The minimum atomic E-state index is -0.563. The van der Waals surface area contributed by atoms with Gasteiger partial charge in [0.2, 0.25) is 0 Å². The molecule has 2 aromatic rings. The summed E-state index contributed by atoms with van der Waals surface area (Å²) in [6.07, 6.45) is 5.54. The Morgan fingerprint density at radius 3 is 2.80 bits per heavy atom. The van der Waals surface area contributed by atoms with Crippen LogP contribution in [0, 0.1) is 6.92 Å². The molecule has 2 unspecified atom stereocenters. The van der Waals surface area contributed by atoms with E-state index < -0.39 is 6.10 Å². The Bertz CT molecular complexity index is 705. The molecule has 1 aromatic heterocycles. The van der Waals surface area contributed by atoms with Crippen LogP contribution in [0.25, 0.3) is 0 Å². The summed E-state index contributed by atoms with van der Waals surface area (Å²) in [5.41, 5.74) is 2.12. The van der Waals surface area contributed by atoms with Crippen molar-refractivity contribution in [2.75, 3.05) is 6.54 Å². The van der Waals surface area contributed by atoms with Crippen LogP contribution in [0.5, 0.6) is 0 Å². The molecule has 5 heteroatoms. The van der Waals surface area contributed by atoms with Crippen molar-refractivity contribution in [2.45, 2.75) is 51.2 Å². The van der Waals surface area contributed by atoms with Crippen LogP contribution in [0.1, 0.15) is 60.0 Å². The molecule has 1 aromatic carbocycles. The molecule has 2 atom stereocenters. The number of aliphatic hydroxyl groups excluding tert-OH is 1. The van der Waals surface area contributed by atoms with Crippen LogP contribution in [0.3, 0.4) is 0 Å². The second-order valence-corrected chi connectivity index (χ2v) is 6.71. The van der Waals surface area contributed by atoms with Gasteiger partial charge >= 0.3 is 0 Å². The molecule has 1 aliphatic rings. The molecular formula is C20H25N3O2. The van der Waals surface area contributed by atoms with Gasteiger partial charge in [-0.05, 0) is 37.8 Å². The molecule has 0 saturated carbocycles. The zero-order chi connectivity index (χ0) is 17.6. The van der Waals surface area contributed by atoms with Crippen LogP contribution in [0.15, 0.2) is 42.7 Å². The lowest BCUT2D eigenvalue weighted by Gasteiger charge is -2.31. The summed E-state index contributed by atoms with van der Waals surface area (Å²) in [5, 5.41) is 10.6. The van der Waals surface area contributed by atoms with Gasteiger partial charge in [0.15, 0.2) is 0 Å². The fraction of sp³-hybridized carbons (Fsp3) is 0.450. The number of hydrogen-bond donors (Lipinski definition) is 1. The van der Waals surface area contributed by atoms with Crippen LogP contribution in [0.2, 0.25) is 0 Å². The molecule has 25 heavy (non-hydrogen) atoms. The highest BCUT2D eigenvalue weighted by Gasteiger charge is 2.29. The summed E-state index contributed by atoms with van der Waals surface area (Å²) in [4.78, 5) is 23.1. The van der Waals surface area contributed by atoms with Gasteiger partial charge in [-0.25, -0.2) is 9.97 Å². The number of aryl methyl sites for hydroxylation is 1. The van der Waals surface area contributed by atoms with Gasteiger partial charge in [0.05, 0.1) is 6.10 Å². The van der Waals surface area contributed by atoms with Crippen molar-refractivity contribution in [3.63, 3.8) is 0 Å². The monoisotopic (exact) mass is 339 g/mol. The number of benzene rings is 1. The van der Waals surface area contributed by atoms with Crippen LogP contribution in [-0.2, 0) is 0 Å². The first-order valence-corrected chi connectivity index (χ1v) is 8.98. The molecule has 0 spiro atoms. The van der Waals surface area contributed by atoms with Gasteiger partial charge < -0.3 is 10.0 Å². The van der Waals surface area contributed by atoms with E-state index in [4.69, 9.17) is 0 Å². The van der Waals surface area contributed by atoms with Gasteiger partial charge in [0.25, 0.3) is 5.91 Å². The smallest absolute Gasteiger partial charge is 0.272 e. The summed E-state index contributed by atoms with van der Waals surface area (Å²) in [6, 6.07) is 11.4. The van der Waals surface area contributed by atoms with E-state index in [1.54, 1.807) is 6.07 Å². The molecule has 1 amide bonds. The molecule has 1 N–H and O–H groups in total. The molecule has 1 fully saturated rings. The number of rotatable bonds is 4. The summed E-state index contributed by atoms with van der Waals surface area (Å²) in [5.74, 6) is -0.0577. The van der Waals surface area contributed by atoms with E-state index >= 15 is 0 Å². The number of nitrogens with zero attached hydrogens (tertiary/aromatic N) is 3. The van der Waals surface area contributed by atoms with Crippen molar-refractivity contribution < 1.29 is 9.90 Å². The molecule has 2 heterocycles. The van der Waals surface area contributed by atoms with Crippen LogP contribution >= 0.6 is 0 Å². The zero-order valence-electron chi connectivity index (χ0n) is 14.6. The summed E-state index contributed by atoms with van der Waals surface area (Å²) < 4.78 is 0. The van der Waals surface area contributed by atoms with Gasteiger partial charge in [-0.3, -0.25) is 4.79 Å². The van der Waals surface area contributed by atoms with Gasteiger partial charge in [-0.2, -0.15) is 0 Å². The Kier molecular flexibility index (Phi) is 5.76. The number of carbonyl (C=O) groups excluding carboxylic acids is 1. The first-order chi connectivity index (χ1) is 12.1. The van der Waals surface area contributed by atoms with Gasteiger partial charge in [-0.1, -0.05) is 43.2 Å². The number of aliphatic hydroxyl groups is 1. The van der Waals surface area contributed by atoms with E-state index in [0.717, 1.165) is 36.9 Å². The van der Waals surface area contributed by atoms with Crippen molar-refractivity contribution in [3.05, 3.63) is 59.7 Å². The molecule has 3 rings (SSSR count). The van der Waals surface area contributed by atoms with E-state index in [1.165, 1.54) is 6.33 Å². The van der Waals surface area contributed by atoms with Crippen LogP contribution in [-0.4, -0.2) is 38.5 Å². The lowest BCUT2D eigenvalue weighted by atomic mass is 9.98. The third kappa shape index (κ3) is 4.42. The molecule has 0 bridgehead atoms. The Balaban J connectivity index is 1.78. The number of likely N-dealkylation sites (tertiary alicyclic amines) is 1. The van der Waals surface area contributed by atoms with Crippen molar-refractivity contribution in [3.8, 4) is 0 Å². The maximum Gasteiger partial charge on any atom is 0.272 e. The molecule has 1 aliphatic heterocycles. The quantitative estimate of drug-likeness (QED) is 0.928. The molecule has 0 aliphatic carbocycles. The number of carbonyl (C=O) groups is 1. The van der Waals surface area contributed by atoms with E-state index in [9.17, 15) is 9.90 Å². The lowest BCUT2D eigenvalue weighted by molar-refractivity contribution is 0.0582. The number of hydrogen-bond acceptors (Lipinski definition) is 4. The first kappa shape index (κ1) is 17.5. The summed E-state index contributed by atoms with van der Waals surface area (Å²) in [7, 11) is 0. The highest BCUT2D eigenvalue weighted by Crippen LogP contribution is 2.27. The van der Waals surface area contributed by atoms with Crippen LogP contribution in [0.4, 0.5) is 0 Å². The lowest BCUT2D eigenvalue weighted by Crippen LogP contribution is -2.41. The van der Waals surface area contributed by atoms with Crippen molar-refractivity contribution in [1.29, 1.82) is 0 Å². The topological polar surface area (TPSA) is 66.3 Å². The van der Waals surface area contributed by atoms with Crippen molar-refractivity contribution in [1.82, 2.24) is 14.9 Å². The van der Waals surface area contributed by atoms with Gasteiger partial charge in [-0.15, -0.1) is 0 Å². The average Bonchev–Trinajstić information content (AvgIpc) is 2.87. The van der Waals surface area contributed by atoms with E-state index in [0.29, 0.717) is 18.7 Å². The maximum absolute atomic E-state index is 13.0. The highest BCUT2D eigenvalue weighted by atomic mass is 16.3. The van der Waals surface area contributed by atoms with Crippen molar-refractivity contribution >= 4 is 5.91 Å². The minimum absolute atomic E-state index is 0.0282. The normalized spacial score (nSPS) is 19.3.